The number of ether oxygens (including phenoxy) is 1. The Labute approximate surface area is 152 Å². The Kier molecular flexibility index (Phi) is 4.32. The second-order valence-electron chi connectivity index (χ2n) is 6.06. The summed E-state index contributed by atoms with van der Waals surface area (Å²) in [6.07, 6.45) is 2.05. The Morgan fingerprint density at radius 3 is 2.31 bits per heavy atom. The van der Waals surface area contributed by atoms with Gasteiger partial charge in [-0.15, -0.1) is 0 Å². The average molecular weight is 337 g/mol. The molecule has 4 rings (SSSR count). The van der Waals surface area contributed by atoms with Gasteiger partial charge in [-0.1, -0.05) is 48.5 Å². The quantitative estimate of drug-likeness (QED) is 0.500. The van der Waals surface area contributed by atoms with Crippen LogP contribution in [0.5, 0.6) is 11.6 Å². The third kappa shape index (κ3) is 3.26. The monoisotopic (exact) mass is 337 g/mol. The normalized spacial score (nSPS) is 10.4. The van der Waals surface area contributed by atoms with Gasteiger partial charge in [0.25, 0.3) is 0 Å². The summed E-state index contributed by atoms with van der Waals surface area (Å²) >= 11 is 0. The van der Waals surface area contributed by atoms with Gasteiger partial charge in [-0.25, -0.2) is 0 Å². The van der Waals surface area contributed by atoms with Crippen molar-refractivity contribution in [3.63, 3.8) is 0 Å². The van der Waals surface area contributed by atoms with E-state index in [9.17, 15) is 0 Å². The first-order valence-corrected chi connectivity index (χ1v) is 8.46. The van der Waals surface area contributed by atoms with Gasteiger partial charge in [0, 0.05) is 11.6 Å². The molecular formula is C23H17N2O+. The maximum absolute atomic E-state index is 8.97. The summed E-state index contributed by atoms with van der Waals surface area (Å²) in [7, 11) is 0. The highest BCUT2D eigenvalue weighted by atomic mass is 16.5. The summed E-state index contributed by atoms with van der Waals surface area (Å²) in [6, 6.07) is 29.9. The fraction of sp³-hybridized carbons (Fsp3) is 0.0435. The number of nitrogens with zero attached hydrogens (tertiary/aromatic N) is 2. The molecule has 4 aromatic rings. The van der Waals surface area contributed by atoms with E-state index in [0.29, 0.717) is 11.3 Å². The van der Waals surface area contributed by atoms with Crippen molar-refractivity contribution < 1.29 is 9.30 Å². The Hall–Kier alpha value is -3.64. The van der Waals surface area contributed by atoms with Crippen molar-refractivity contribution in [3.05, 3.63) is 102 Å². The molecule has 0 aliphatic rings. The molecule has 1 heterocycles. The van der Waals surface area contributed by atoms with Crippen molar-refractivity contribution in [2.75, 3.05) is 0 Å². The lowest BCUT2D eigenvalue weighted by molar-refractivity contribution is -0.691. The molecule has 0 bridgehead atoms. The summed E-state index contributed by atoms with van der Waals surface area (Å²) in [5.74, 6) is 1.50. The second kappa shape index (κ2) is 7.08. The molecule has 0 amide bonds. The second-order valence-corrected chi connectivity index (χ2v) is 6.06. The minimum absolute atomic E-state index is 0.618. The first-order chi connectivity index (χ1) is 12.8. The van der Waals surface area contributed by atoms with Crippen LogP contribution in [-0.2, 0) is 6.54 Å². The van der Waals surface area contributed by atoms with Crippen LogP contribution in [-0.4, -0.2) is 0 Å². The highest BCUT2D eigenvalue weighted by Gasteiger charge is 2.18. The van der Waals surface area contributed by atoms with E-state index in [1.165, 1.54) is 5.56 Å². The molecule has 0 radical (unpaired) electrons. The average Bonchev–Trinajstić information content (AvgIpc) is 2.71. The van der Waals surface area contributed by atoms with Crippen LogP contribution in [0.4, 0.5) is 0 Å². The highest BCUT2D eigenvalue weighted by molar-refractivity contribution is 5.85. The van der Waals surface area contributed by atoms with Gasteiger partial charge < -0.3 is 4.74 Å². The van der Waals surface area contributed by atoms with E-state index < -0.39 is 0 Å². The molecule has 3 aromatic carbocycles. The Balaban J connectivity index is 1.78. The number of hydrogen-bond acceptors (Lipinski definition) is 2. The zero-order valence-corrected chi connectivity index (χ0v) is 14.2. The van der Waals surface area contributed by atoms with Crippen molar-refractivity contribution in [1.29, 1.82) is 5.26 Å². The largest absolute Gasteiger partial charge is 0.405 e. The predicted octanol–water partition coefficient (Wildman–Crippen LogP) is 4.84. The number of fused-ring (bicyclic) bond motifs is 1. The fourth-order valence-corrected chi connectivity index (χ4v) is 2.96. The van der Waals surface area contributed by atoms with Gasteiger partial charge in [-0.3, -0.25) is 0 Å². The molecule has 0 saturated carbocycles. The molecular weight excluding hydrogens is 320 g/mol. The third-order valence-electron chi connectivity index (χ3n) is 4.28. The number of benzene rings is 3. The van der Waals surface area contributed by atoms with Crippen LogP contribution >= 0.6 is 0 Å². The number of pyridine rings is 1. The van der Waals surface area contributed by atoms with Gasteiger partial charge in [-0.2, -0.15) is 9.83 Å². The lowest BCUT2D eigenvalue weighted by Gasteiger charge is -2.09. The van der Waals surface area contributed by atoms with Crippen molar-refractivity contribution in [1.82, 2.24) is 0 Å². The first kappa shape index (κ1) is 15.9. The minimum Gasteiger partial charge on any atom is -0.405 e. The number of nitriles is 1. The summed E-state index contributed by atoms with van der Waals surface area (Å²) in [5.41, 5.74) is 1.82. The van der Waals surface area contributed by atoms with Gasteiger partial charge >= 0.3 is 5.88 Å². The number of aromatic nitrogens is 1. The van der Waals surface area contributed by atoms with E-state index >= 15 is 0 Å². The highest BCUT2D eigenvalue weighted by Crippen LogP contribution is 2.27. The molecule has 0 saturated heterocycles. The first-order valence-electron chi connectivity index (χ1n) is 8.46. The van der Waals surface area contributed by atoms with Gasteiger partial charge in [0.2, 0.25) is 0 Å². The molecule has 1 aromatic heterocycles. The van der Waals surface area contributed by atoms with E-state index in [1.807, 2.05) is 48.7 Å². The summed E-state index contributed by atoms with van der Waals surface area (Å²) in [6.45, 7) is 0.720. The lowest BCUT2D eigenvalue weighted by Crippen LogP contribution is -2.35. The molecule has 0 N–H and O–H groups in total. The van der Waals surface area contributed by atoms with Crippen LogP contribution in [0.3, 0.4) is 0 Å². The molecule has 3 nitrogen and oxygen atoms in total. The van der Waals surface area contributed by atoms with E-state index in [4.69, 9.17) is 10.00 Å². The standard InChI is InChI=1S/C23H17N2O/c24-16-18-10-12-21(13-11-18)26-23-22-9-5-4-8-20(22)14-15-25(23)17-19-6-2-1-3-7-19/h1-15H,17H2/q+1. The van der Waals surface area contributed by atoms with Gasteiger partial charge in [0.15, 0.2) is 12.7 Å². The van der Waals surface area contributed by atoms with Gasteiger partial charge in [-0.05, 0) is 35.7 Å². The molecule has 0 aliphatic heterocycles. The third-order valence-corrected chi connectivity index (χ3v) is 4.28. The smallest absolute Gasteiger partial charge is 0.381 e. The molecule has 26 heavy (non-hydrogen) atoms. The topological polar surface area (TPSA) is 36.9 Å². The molecule has 0 unspecified atom stereocenters. The SMILES string of the molecule is N#Cc1ccc(Oc2c3ccccc3cc[n+]2Cc2ccccc2)cc1. The van der Waals surface area contributed by atoms with E-state index in [2.05, 4.69) is 41.0 Å². The van der Waals surface area contributed by atoms with Crippen LogP contribution in [0, 0.1) is 11.3 Å². The molecule has 0 atom stereocenters. The summed E-state index contributed by atoms with van der Waals surface area (Å²) < 4.78 is 8.36. The van der Waals surface area contributed by atoms with Crippen LogP contribution in [0.25, 0.3) is 10.8 Å². The molecule has 0 spiro atoms. The van der Waals surface area contributed by atoms with Crippen LogP contribution in [0.2, 0.25) is 0 Å². The van der Waals surface area contributed by atoms with Gasteiger partial charge in [0.1, 0.15) is 5.75 Å². The summed E-state index contributed by atoms with van der Waals surface area (Å²) in [5, 5.41) is 11.1. The van der Waals surface area contributed by atoms with Gasteiger partial charge in [0.05, 0.1) is 17.0 Å². The van der Waals surface area contributed by atoms with E-state index in [1.54, 1.807) is 12.1 Å². The molecule has 124 valence electrons. The molecule has 3 heteroatoms. The zero-order valence-electron chi connectivity index (χ0n) is 14.2. The van der Waals surface area contributed by atoms with Crippen molar-refractivity contribution in [3.8, 4) is 17.7 Å². The van der Waals surface area contributed by atoms with Crippen LogP contribution < -0.4 is 9.30 Å². The number of rotatable bonds is 4. The van der Waals surface area contributed by atoms with Crippen LogP contribution in [0.15, 0.2) is 91.1 Å². The number of hydrogen-bond donors (Lipinski definition) is 0. The van der Waals surface area contributed by atoms with Crippen LogP contribution in [0.1, 0.15) is 11.1 Å². The fourth-order valence-electron chi connectivity index (χ4n) is 2.96. The Bertz CT molecular complexity index is 1080. The Morgan fingerprint density at radius 1 is 0.808 bits per heavy atom. The maximum Gasteiger partial charge on any atom is 0.381 e. The Morgan fingerprint density at radius 2 is 1.54 bits per heavy atom. The summed E-state index contributed by atoms with van der Waals surface area (Å²) in [4.78, 5) is 0. The minimum atomic E-state index is 0.618. The van der Waals surface area contributed by atoms with Crippen molar-refractivity contribution in [2.24, 2.45) is 0 Å². The predicted molar refractivity (Wildman–Crippen MR) is 101 cm³/mol. The lowest BCUT2D eigenvalue weighted by atomic mass is 10.1. The van der Waals surface area contributed by atoms with E-state index in [-0.39, 0.29) is 0 Å². The molecule has 0 fully saturated rings. The van der Waals surface area contributed by atoms with Crippen molar-refractivity contribution in [2.45, 2.75) is 6.54 Å². The van der Waals surface area contributed by atoms with E-state index in [0.717, 1.165) is 23.2 Å². The maximum atomic E-state index is 8.97. The zero-order chi connectivity index (χ0) is 17.8. The van der Waals surface area contributed by atoms with Crippen molar-refractivity contribution >= 4 is 10.8 Å². The molecule has 0 aliphatic carbocycles.